The van der Waals surface area contributed by atoms with E-state index in [0.29, 0.717) is 0 Å². The van der Waals surface area contributed by atoms with Gasteiger partial charge in [-0.1, -0.05) is 12.2 Å². The number of nitrogens with one attached hydrogen (secondary N) is 1. The van der Waals surface area contributed by atoms with Crippen LogP contribution in [-0.2, 0) is 9.53 Å². The number of hydrogen-bond acceptors (Lipinski definition) is 4. The fraction of sp³-hybridized carbons (Fsp3) is 0.667. The Bertz CT molecular complexity index is 298. The SMILES string of the molecule is CC(C)(C)OC(=O)N[C@@H](CC(N)=S)C(=O)O. The van der Waals surface area contributed by atoms with Gasteiger partial charge in [-0.25, -0.2) is 9.59 Å². The van der Waals surface area contributed by atoms with Crippen LogP contribution in [0.1, 0.15) is 27.2 Å². The van der Waals surface area contributed by atoms with Crippen LogP contribution >= 0.6 is 12.2 Å². The Morgan fingerprint density at radius 2 is 2.00 bits per heavy atom. The van der Waals surface area contributed by atoms with Crippen LogP contribution in [-0.4, -0.2) is 33.8 Å². The molecular weight excluding hydrogens is 232 g/mol. The second-order valence-electron chi connectivity index (χ2n) is 4.21. The number of nitrogens with two attached hydrogens (primary N) is 1. The summed E-state index contributed by atoms with van der Waals surface area (Å²) in [5.74, 6) is -1.21. The Labute approximate surface area is 99.1 Å². The number of rotatable bonds is 4. The van der Waals surface area contributed by atoms with Gasteiger partial charge in [0.05, 0.1) is 4.99 Å². The molecule has 7 heteroatoms. The first-order valence-electron chi connectivity index (χ1n) is 4.62. The van der Waals surface area contributed by atoms with Gasteiger partial charge < -0.3 is 20.9 Å². The van der Waals surface area contributed by atoms with Crippen LogP contribution in [0.4, 0.5) is 4.79 Å². The molecule has 0 aliphatic rings. The van der Waals surface area contributed by atoms with Crippen molar-refractivity contribution in [1.29, 1.82) is 0 Å². The fourth-order valence-electron chi connectivity index (χ4n) is 0.851. The molecule has 0 aromatic carbocycles. The lowest BCUT2D eigenvalue weighted by molar-refractivity contribution is -0.139. The highest BCUT2D eigenvalue weighted by atomic mass is 32.1. The molecule has 0 rings (SSSR count). The summed E-state index contributed by atoms with van der Waals surface area (Å²) in [6, 6.07) is -1.16. The fourth-order valence-corrected chi connectivity index (χ4v) is 1.02. The third-order valence-electron chi connectivity index (χ3n) is 1.39. The van der Waals surface area contributed by atoms with Gasteiger partial charge in [0.15, 0.2) is 0 Å². The smallest absolute Gasteiger partial charge is 0.408 e. The molecule has 16 heavy (non-hydrogen) atoms. The molecule has 92 valence electrons. The molecule has 0 aromatic heterocycles. The monoisotopic (exact) mass is 248 g/mol. The van der Waals surface area contributed by atoms with Gasteiger partial charge in [0.1, 0.15) is 11.6 Å². The van der Waals surface area contributed by atoms with Crippen LogP contribution < -0.4 is 11.1 Å². The lowest BCUT2D eigenvalue weighted by atomic mass is 10.2. The van der Waals surface area contributed by atoms with Crippen molar-refractivity contribution in [3.63, 3.8) is 0 Å². The van der Waals surface area contributed by atoms with Crippen LogP contribution in [0.5, 0.6) is 0 Å². The van der Waals surface area contributed by atoms with Crippen molar-refractivity contribution in [1.82, 2.24) is 5.32 Å². The predicted octanol–water partition coefficient (Wildman–Crippen LogP) is 0.640. The number of amides is 1. The Kier molecular flexibility index (Phi) is 5.16. The van der Waals surface area contributed by atoms with Crippen molar-refractivity contribution < 1.29 is 19.4 Å². The van der Waals surface area contributed by atoms with Gasteiger partial charge in [0.25, 0.3) is 0 Å². The summed E-state index contributed by atoms with van der Waals surface area (Å²) in [4.78, 5) is 22.0. The zero-order valence-electron chi connectivity index (χ0n) is 9.44. The number of ether oxygens (including phenoxy) is 1. The summed E-state index contributed by atoms with van der Waals surface area (Å²) in [7, 11) is 0. The summed E-state index contributed by atoms with van der Waals surface area (Å²) >= 11 is 4.58. The number of carboxylic acids is 1. The van der Waals surface area contributed by atoms with Crippen molar-refractivity contribution >= 4 is 29.3 Å². The Morgan fingerprint density at radius 1 is 1.50 bits per heavy atom. The summed E-state index contributed by atoms with van der Waals surface area (Å²) in [6.07, 6.45) is -0.916. The van der Waals surface area contributed by atoms with Gasteiger partial charge in [-0.05, 0) is 20.8 Å². The Balaban J connectivity index is 4.35. The molecule has 0 saturated heterocycles. The molecule has 0 radical (unpaired) electrons. The van der Waals surface area contributed by atoms with Gasteiger partial charge in [0.2, 0.25) is 0 Å². The Hall–Kier alpha value is -1.37. The van der Waals surface area contributed by atoms with Gasteiger partial charge in [0, 0.05) is 6.42 Å². The van der Waals surface area contributed by atoms with E-state index < -0.39 is 23.7 Å². The maximum absolute atomic E-state index is 11.3. The summed E-state index contributed by atoms with van der Waals surface area (Å²) in [5.41, 5.74) is 4.53. The van der Waals surface area contributed by atoms with Gasteiger partial charge in [-0.15, -0.1) is 0 Å². The van der Waals surface area contributed by atoms with Crippen molar-refractivity contribution in [3.8, 4) is 0 Å². The summed E-state index contributed by atoms with van der Waals surface area (Å²) in [5, 5.41) is 11.0. The molecule has 0 spiro atoms. The third-order valence-corrected chi connectivity index (χ3v) is 1.56. The largest absolute Gasteiger partial charge is 0.480 e. The first-order chi connectivity index (χ1) is 7.11. The molecule has 0 unspecified atom stereocenters. The maximum Gasteiger partial charge on any atom is 0.408 e. The zero-order valence-corrected chi connectivity index (χ0v) is 10.3. The highest BCUT2D eigenvalue weighted by Crippen LogP contribution is 2.07. The quantitative estimate of drug-likeness (QED) is 0.631. The number of carbonyl (C=O) groups excluding carboxylic acids is 1. The Morgan fingerprint density at radius 3 is 2.31 bits per heavy atom. The highest BCUT2D eigenvalue weighted by molar-refractivity contribution is 7.80. The lowest BCUT2D eigenvalue weighted by Crippen LogP contribution is -2.45. The lowest BCUT2D eigenvalue weighted by Gasteiger charge is -2.21. The minimum atomic E-state index is -1.21. The molecule has 0 aliphatic carbocycles. The van der Waals surface area contributed by atoms with Crippen molar-refractivity contribution in [2.75, 3.05) is 0 Å². The summed E-state index contributed by atoms with van der Waals surface area (Å²) < 4.78 is 4.90. The van der Waals surface area contributed by atoms with E-state index in [1.165, 1.54) is 0 Å². The maximum atomic E-state index is 11.3. The van der Waals surface area contributed by atoms with E-state index in [1.54, 1.807) is 20.8 Å². The standard InChI is InChI=1S/C9H16N2O4S/c1-9(2,3)15-8(14)11-5(7(12)13)4-6(10)16/h5H,4H2,1-3H3,(H2,10,16)(H,11,14)(H,12,13)/t5-/m0/s1. The zero-order chi connectivity index (χ0) is 12.9. The van der Waals surface area contributed by atoms with Crippen LogP contribution in [0, 0.1) is 0 Å². The second kappa shape index (κ2) is 5.64. The molecule has 0 aromatic rings. The minimum Gasteiger partial charge on any atom is -0.480 e. The topological polar surface area (TPSA) is 102 Å². The molecule has 4 N–H and O–H groups in total. The van der Waals surface area contributed by atoms with Gasteiger partial charge in [-0.2, -0.15) is 0 Å². The molecule has 0 aliphatic heterocycles. The number of carboxylic acid groups (broad SMARTS) is 1. The third kappa shape index (κ3) is 6.99. The molecule has 1 atom stereocenters. The average molecular weight is 248 g/mol. The van der Waals surface area contributed by atoms with E-state index >= 15 is 0 Å². The van der Waals surface area contributed by atoms with E-state index in [4.69, 9.17) is 15.6 Å². The van der Waals surface area contributed by atoms with Gasteiger partial charge in [-0.3, -0.25) is 0 Å². The van der Waals surface area contributed by atoms with Crippen LogP contribution in [0.3, 0.4) is 0 Å². The molecular formula is C9H16N2O4S. The number of carbonyl (C=O) groups is 2. The average Bonchev–Trinajstić information content (AvgIpc) is 1.97. The van der Waals surface area contributed by atoms with E-state index in [1.807, 2.05) is 0 Å². The van der Waals surface area contributed by atoms with Crippen LogP contribution in [0.15, 0.2) is 0 Å². The predicted molar refractivity (Wildman–Crippen MR) is 62.2 cm³/mol. The van der Waals surface area contributed by atoms with E-state index in [0.717, 1.165) is 0 Å². The van der Waals surface area contributed by atoms with Crippen molar-refractivity contribution in [2.45, 2.75) is 38.8 Å². The first-order valence-corrected chi connectivity index (χ1v) is 5.03. The minimum absolute atomic E-state index is 0.0171. The number of hydrogen-bond donors (Lipinski definition) is 3. The molecule has 6 nitrogen and oxygen atoms in total. The molecule has 0 heterocycles. The van der Waals surface area contributed by atoms with Crippen molar-refractivity contribution in [3.05, 3.63) is 0 Å². The normalized spacial score (nSPS) is 12.7. The first kappa shape index (κ1) is 14.6. The number of thiocarbonyl (C=S) groups is 1. The molecule has 0 fully saturated rings. The van der Waals surface area contributed by atoms with E-state index in [-0.39, 0.29) is 11.4 Å². The summed E-state index contributed by atoms with van der Waals surface area (Å²) in [6.45, 7) is 5.03. The van der Waals surface area contributed by atoms with Crippen LogP contribution in [0.2, 0.25) is 0 Å². The molecule has 0 saturated carbocycles. The molecule has 0 bridgehead atoms. The van der Waals surface area contributed by atoms with Crippen LogP contribution in [0.25, 0.3) is 0 Å². The van der Waals surface area contributed by atoms with E-state index in [9.17, 15) is 9.59 Å². The highest BCUT2D eigenvalue weighted by Gasteiger charge is 2.24. The van der Waals surface area contributed by atoms with Crippen molar-refractivity contribution in [2.24, 2.45) is 5.73 Å². The van der Waals surface area contributed by atoms with E-state index in [2.05, 4.69) is 17.5 Å². The number of alkyl carbamates (subject to hydrolysis) is 1. The molecule has 1 amide bonds. The second-order valence-corrected chi connectivity index (χ2v) is 4.73. The van der Waals surface area contributed by atoms with Gasteiger partial charge >= 0.3 is 12.1 Å². The number of aliphatic carboxylic acids is 1.